The summed E-state index contributed by atoms with van der Waals surface area (Å²) in [6.07, 6.45) is 3.53. The Hall–Kier alpha value is -3.07. The minimum atomic E-state index is -0.649. The van der Waals surface area contributed by atoms with Gasteiger partial charge in [0, 0.05) is 25.8 Å². The summed E-state index contributed by atoms with van der Waals surface area (Å²) in [5.41, 5.74) is 1.51. The van der Waals surface area contributed by atoms with Gasteiger partial charge in [-0.3, -0.25) is 4.79 Å². The highest BCUT2D eigenvalue weighted by molar-refractivity contribution is 5.80. The van der Waals surface area contributed by atoms with Crippen LogP contribution in [0.3, 0.4) is 0 Å². The van der Waals surface area contributed by atoms with Crippen molar-refractivity contribution >= 4 is 11.7 Å². The molecule has 0 bridgehead atoms. The van der Waals surface area contributed by atoms with Gasteiger partial charge in [0.2, 0.25) is 0 Å². The maximum atomic E-state index is 12.3. The van der Waals surface area contributed by atoms with Gasteiger partial charge in [-0.05, 0) is 55.7 Å². The number of nitrogens with zero attached hydrogens (tertiary/aromatic N) is 3. The summed E-state index contributed by atoms with van der Waals surface area (Å²) < 4.78 is 5.63. The Kier molecular flexibility index (Phi) is 5.69. The topological polar surface area (TPSA) is 78.2 Å². The van der Waals surface area contributed by atoms with Crippen molar-refractivity contribution < 1.29 is 9.53 Å². The van der Waals surface area contributed by atoms with Crippen molar-refractivity contribution in [3.05, 3.63) is 53.7 Å². The maximum absolute atomic E-state index is 12.3. The normalized spacial score (nSPS) is 14.5. The van der Waals surface area contributed by atoms with E-state index in [0.717, 1.165) is 24.5 Å². The van der Waals surface area contributed by atoms with E-state index in [1.807, 2.05) is 12.1 Å². The predicted octanol–water partition coefficient (Wildman–Crippen LogP) is 2.64. The summed E-state index contributed by atoms with van der Waals surface area (Å²) in [5.74, 6) is 1.27. The number of carbonyl (C=O) groups is 1. The second-order valence-corrected chi connectivity index (χ2v) is 6.33. The van der Waals surface area contributed by atoms with Gasteiger partial charge in [-0.15, -0.1) is 0 Å². The van der Waals surface area contributed by atoms with Gasteiger partial charge < -0.3 is 15.0 Å². The molecule has 6 heteroatoms. The SMILES string of the molecule is CC(Oc1cccc(C#N)c1)C(=O)NCc1ccnc(N2CCCC2)c1. The van der Waals surface area contributed by atoms with E-state index in [4.69, 9.17) is 10.00 Å². The molecule has 1 aliphatic heterocycles. The average molecular weight is 350 g/mol. The molecule has 6 nitrogen and oxygen atoms in total. The van der Waals surface area contributed by atoms with Crippen LogP contribution in [-0.2, 0) is 11.3 Å². The number of aromatic nitrogens is 1. The van der Waals surface area contributed by atoms with Crippen LogP contribution in [-0.4, -0.2) is 30.1 Å². The highest BCUT2D eigenvalue weighted by atomic mass is 16.5. The summed E-state index contributed by atoms with van der Waals surface area (Å²) >= 11 is 0. The summed E-state index contributed by atoms with van der Waals surface area (Å²) in [5, 5.41) is 11.8. The first-order valence-electron chi connectivity index (χ1n) is 8.80. The molecule has 1 unspecified atom stereocenters. The smallest absolute Gasteiger partial charge is 0.261 e. The van der Waals surface area contributed by atoms with Crippen molar-refractivity contribution in [2.75, 3.05) is 18.0 Å². The first-order chi connectivity index (χ1) is 12.7. The molecular formula is C20H22N4O2. The van der Waals surface area contributed by atoms with Crippen molar-refractivity contribution in [1.29, 1.82) is 5.26 Å². The highest BCUT2D eigenvalue weighted by Gasteiger charge is 2.16. The Bertz CT molecular complexity index is 809. The molecule has 3 rings (SSSR count). The van der Waals surface area contributed by atoms with E-state index in [1.165, 1.54) is 12.8 Å². The summed E-state index contributed by atoms with van der Waals surface area (Å²) in [6.45, 7) is 4.19. The van der Waals surface area contributed by atoms with Crippen LogP contribution in [0.15, 0.2) is 42.6 Å². The molecule has 0 aliphatic carbocycles. The van der Waals surface area contributed by atoms with Crippen LogP contribution in [0.2, 0.25) is 0 Å². The predicted molar refractivity (Wildman–Crippen MR) is 98.8 cm³/mol. The van der Waals surface area contributed by atoms with Crippen LogP contribution < -0.4 is 15.0 Å². The molecule has 1 amide bonds. The maximum Gasteiger partial charge on any atom is 0.261 e. The van der Waals surface area contributed by atoms with Gasteiger partial charge >= 0.3 is 0 Å². The Labute approximate surface area is 153 Å². The minimum Gasteiger partial charge on any atom is -0.481 e. The van der Waals surface area contributed by atoms with Crippen LogP contribution in [0, 0.1) is 11.3 Å². The fraction of sp³-hybridized carbons (Fsp3) is 0.350. The van der Waals surface area contributed by atoms with E-state index in [-0.39, 0.29) is 5.91 Å². The molecule has 1 atom stereocenters. The number of carbonyl (C=O) groups excluding carboxylic acids is 1. The Balaban J connectivity index is 1.54. The van der Waals surface area contributed by atoms with Gasteiger partial charge in [-0.25, -0.2) is 4.98 Å². The molecule has 26 heavy (non-hydrogen) atoms. The van der Waals surface area contributed by atoms with Gasteiger partial charge in [0.25, 0.3) is 5.91 Å². The minimum absolute atomic E-state index is 0.202. The van der Waals surface area contributed by atoms with Gasteiger partial charge in [0.15, 0.2) is 6.10 Å². The van der Waals surface area contributed by atoms with Crippen LogP contribution in [0.25, 0.3) is 0 Å². The van der Waals surface area contributed by atoms with Gasteiger partial charge in [-0.1, -0.05) is 6.07 Å². The second-order valence-electron chi connectivity index (χ2n) is 6.33. The lowest BCUT2D eigenvalue weighted by Crippen LogP contribution is -2.36. The summed E-state index contributed by atoms with van der Waals surface area (Å²) in [7, 11) is 0. The zero-order chi connectivity index (χ0) is 18.4. The second kappa shape index (κ2) is 8.34. The molecule has 1 fully saturated rings. The molecule has 0 saturated carbocycles. The molecule has 0 radical (unpaired) electrons. The number of pyridine rings is 1. The van der Waals surface area contributed by atoms with Crippen molar-refractivity contribution in [2.24, 2.45) is 0 Å². The van der Waals surface area contributed by atoms with Crippen LogP contribution in [0.5, 0.6) is 5.75 Å². The fourth-order valence-corrected chi connectivity index (χ4v) is 2.92. The van der Waals surface area contributed by atoms with E-state index in [9.17, 15) is 4.79 Å². The quantitative estimate of drug-likeness (QED) is 0.866. The van der Waals surface area contributed by atoms with Crippen LogP contribution >= 0.6 is 0 Å². The highest BCUT2D eigenvalue weighted by Crippen LogP contribution is 2.18. The number of benzene rings is 1. The van der Waals surface area contributed by atoms with Gasteiger partial charge in [0.1, 0.15) is 11.6 Å². The van der Waals surface area contributed by atoms with Crippen LogP contribution in [0.4, 0.5) is 5.82 Å². The molecule has 2 aromatic rings. The van der Waals surface area contributed by atoms with E-state index in [1.54, 1.807) is 37.4 Å². The van der Waals surface area contributed by atoms with Crippen molar-refractivity contribution in [1.82, 2.24) is 10.3 Å². The molecule has 0 spiro atoms. The zero-order valence-electron chi connectivity index (χ0n) is 14.8. The van der Waals surface area contributed by atoms with Crippen molar-refractivity contribution in [3.8, 4) is 11.8 Å². The molecular weight excluding hydrogens is 328 g/mol. The lowest BCUT2D eigenvalue weighted by Gasteiger charge is -2.18. The Morgan fingerprint density at radius 3 is 2.92 bits per heavy atom. The van der Waals surface area contributed by atoms with Crippen molar-refractivity contribution in [2.45, 2.75) is 32.4 Å². The number of anilines is 1. The number of hydrogen-bond donors (Lipinski definition) is 1. The number of amides is 1. The molecule has 1 aromatic carbocycles. The van der Waals surface area contributed by atoms with Gasteiger partial charge in [-0.2, -0.15) is 5.26 Å². The first-order valence-corrected chi connectivity index (χ1v) is 8.80. The standard InChI is InChI=1S/C20H22N4O2/c1-15(26-18-6-4-5-16(11-18)13-21)20(25)23-14-17-7-8-22-19(12-17)24-9-2-3-10-24/h4-8,11-12,15H,2-3,9-10,14H2,1H3,(H,23,25). The molecule has 134 valence electrons. The van der Waals surface area contributed by atoms with E-state index < -0.39 is 6.10 Å². The number of ether oxygens (including phenoxy) is 1. The molecule has 1 N–H and O–H groups in total. The van der Waals surface area contributed by atoms with Crippen LogP contribution in [0.1, 0.15) is 30.9 Å². The van der Waals surface area contributed by atoms with E-state index in [0.29, 0.717) is 17.9 Å². The largest absolute Gasteiger partial charge is 0.481 e. The zero-order valence-corrected chi connectivity index (χ0v) is 14.8. The monoisotopic (exact) mass is 350 g/mol. The molecule has 1 saturated heterocycles. The average Bonchev–Trinajstić information content (AvgIpc) is 3.21. The lowest BCUT2D eigenvalue weighted by atomic mass is 10.2. The lowest BCUT2D eigenvalue weighted by molar-refractivity contribution is -0.127. The number of hydrogen-bond acceptors (Lipinski definition) is 5. The third-order valence-corrected chi connectivity index (χ3v) is 4.35. The van der Waals surface area contributed by atoms with Gasteiger partial charge in [0.05, 0.1) is 11.6 Å². The number of nitriles is 1. The first kappa shape index (κ1) is 17.7. The molecule has 1 aliphatic rings. The third-order valence-electron chi connectivity index (χ3n) is 4.35. The number of rotatable bonds is 6. The molecule has 1 aromatic heterocycles. The molecule has 2 heterocycles. The number of nitrogens with one attached hydrogen (secondary N) is 1. The van der Waals surface area contributed by atoms with Crippen molar-refractivity contribution in [3.63, 3.8) is 0 Å². The van der Waals surface area contributed by atoms with E-state index in [2.05, 4.69) is 21.3 Å². The summed E-state index contributed by atoms with van der Waals surface area (Å²) in [4.78, 5) is 19.0. The Morgan fingerprint density at radius 2 is 2.15 bits per heavy atom. The Morgan fingerprint density at radius 1 is 1.35 bits per heavy atom. The third kappa shape index (κ3) is 4.51. The fourth-order valence-electron chi connectivity index (χ4n) is 2.92. The summed E-state index contributed by atoms with van der Waals surface area (Å²) in [6, 6.07) is 12.8. The van der Waals surface area contributed by atoms with E-state index >= 15 is 0 Å².